The molecule has 1 saturated heterocycles. The molecule has 0 aliphatic carbocycles. The van der Waals surface area contributed by atoms with Gasteiger partial charge in [0.2, 0.25) is 5.01 Å². The van der Waals surface area contributed by atoms with Crippen molar-refractivity contribution in [2.45, 2.75) is 18.6 Å². The van der Waals surface area contributed by atoms with Gasteiger partial charge in [-0.05, 0) is 18.6 Å². The van der Waals surface area contributed by atoms with E-state index in [9.17, 15) is 17.6 Å². The van der Waals surface area contributed by atoms with Crippen LogP contribution in [0.25, 0.3) is 0 Å². The monoisotopic (exact) mass is 457 g/mol. The average molecular weight is 457 g/mol. The summed E-state index contributed by atoms with van der Waals surface area (Å²) < 4.78 is 58.4. The van der Waals surface area contributed by atoms with Crippen molar-refractivity contribution in [1.82, 2.24) is 14.8 Å². The number of aliphatic imine (C=N–C) groups is 1. The normalized spacial score (nSPS) is 19.3. The van der Waals surface area contributed by atoms with E-state index in [4.69, 9.17) is 9.73 Å². The summed E-state index contributed by atoms with van der Waals surface area (Å²) in [5.41, 5.74) is 1.46. The third-order valence-corrected chi connectivity index (χ3v) is 6.41. The smallest absolute Gasteiger partial charge is 0.385 e. The number of nitrogens with one attached hydrogen (secondary N) is 1. The first-order valence-electron chi connectivity index (χ1n) is 9.97. The van der Waals surface area contributed by atoms with E-state index >= 15 is 0 Å². The van der Waals surface area contributed by atoms with Gasteiger partial charge in [0.15, 0.2) is 5.84 Å². The number of anilines is 2. The number of para-hydroxylation sites is 2. The summed E-state index contributed by atoms with van der Waals surface area (Å²) in [6.07, 6.45) is -3.85. The van der Waals surface area contributed by atoms with Gasteiger partial charge in [0.1, 0.15) is 17.4 Å². The molecule has 6 nitrogen and oxygen atoms in total. The van der Waals surface area contributed by atoms with E-state index in [2.05, 4.69) is 15.2 Å². The molecule has 1 aromatic heterocycles. The van der Waals surface area contributed by atoms with Gasteiger partial charge in [0, 0.05) is 45.9 Å². The third kappa shape index (κ3) is 4.68. The summed E-state index contributed by atoms with van der Waals surface area (Å²) in [6, 6.07) is 7.22. The Morgan fingerprint density at radius 1 is 1.26 bits per heavy atom. The minimum absolute atomic E-state index is 0.00257. The second kappa shape index (κ2) is 9.09. The topological polar surface area (TPSA) is 53.0 Å². The maximum Gasteiger partial charge on any atom is 0.443 e. The number of rotatable bonds is 5. The van der Waals surface area contributed by atoms with Crippen molar-refractivity contribution in [3.05, 3.63) is 35.0 Å². The molecule has 0 amide bonds. The van der Waals surface area contributed by atoms with Crippen molar-refractivity contribution < 1.29 is 22.3 Å². The van der Waals surface area contributed by atoms with Crippen molar-refractivity contribution in [2.75, 3.05) is 51.9 Å². The van der Waals surface area contributed by atoms with Gasteiger partial charge in [-0.1, -0.05) is 23.5 Å². The number of methoxy groups -OCH3 is 1. The number of hydrogen-bond acceptors (Lipinski definition) is 7. The Balaban J connectivity index is 1.72. The lowest BCUT2D eigenvalue weighted by Gasteiger charge is -2.42. The van der Waals surface area contributed by atoms with Crippen LogP contribution < -0.4 is 5.32 Å². The number of hydrogen-bond donors (Lipinski definition) is 1. The molecule has 2 aliphatic rings. The SMILES string of the molecule is COCCC1CN(C2=Nc3ccccc3Nc3sc(C(F)(F)F)nc32)CCN1CCF. The summed E-state index contributed by atoms with van der Waals surface area (Å²) in [4.78, 5) is 12.7. The molecule has 31 heavy (non-hydrogen) atoms. The van der Waals surface area contributed by atoms with Crippen LogP contribution in [0, 0.1) is 0 Å². The molecular formula is C20H23F4N5OS. The van der Waals surface area contributed by atoms with E-state index in [1.165, 1.54) is 0 Å². The average Bonchev–Trinajstić information content (AvgIpc) is 3.10. The molecule has 1 fully saturated rings. The van der Waals surface area contributed by atoms with E-state index in [0.29, 0.717) is 72.8 Å². The van der Waals surface area contributed by atoms with E-state index in [-0.39, 0.29) is 11.7 Å². The molecule has 0 spiro atoms. The predicted octanol–water partition coefficient (Wildman–Crippen LogP) is 4.29. The highest BCUT2D eigenvalue weighted by molar-refractivity contribution is 7.16. The number of alkyl halides is 4. The van der Waals surface area contributed by atoms with Gasteiger partial charge in [-0.3, -0.25) is 4.90 Å². The van der Waals surface area contributed by atoms with Crippen molar-refractivity contribution >= 4 is 33.5 Å². The fraction of sp³-hybridized carbons (Fsp3) is 0.500. The maximum atomic E-state index is 13.4. The van der Waals surface area contributed by atoms with Crippen LogP contribution in [-0.4, -0.2) is 73.2 Å². The molecule has 1 aromatic carbocycles. The van der Waals surface area contributed by atoms with E-state index in [1.54, 1.807) is 19.2 Å². The number of halogens is 4. The second-order valence-corrected chi connectivity index (χ2v) is 8.38. The zero-order chi connectivity index (χ0) is 22.0. The number of benzene rings is 1. The molecule has 3 heterocycles. The molecule has 1 N–H and O–H groups in total. The molecule has 2 aliphatic heterocycles. The van der Waals surface area contributed by atoms with Crippen molar-refractivity contribution in [3.63, 3.8) is 0 Å². The Morgan fingerprint density at radius 3 is 2.81 bits per heavy atom. The minimum atomic E-state index is -4.54. The standard InChI is InChI=1S/C20H23F4N5OS/c1-30-11-6-13-12-29(10-9-28(13)8-7-21)17-16-18(31-19(27-16)20(22,23)24)26-15-5-3-2-4-14(15)25-17/h2-5,13,26H,6-12H2,1H3. The number of ether oxygens (including phenoxy) is 1. The number of piperazine rings is 1. The Bertz CT molecular complexity index is 948. The molecule has 11 heteroatoms. The van der Waals surface area contributed by atoms with Gasteiger partial charge in [0.25, 0.3) is 0 Å². The molecule has 0 radical (unpaired) electrons. The quantitative estimate of drug-likeness (QED) is 0.679. The summed E-state index contributed by atoms with van der Waals surface area (Å²) in [5.74, 6) is 0.404. The number of thiazole rings is 1. The first-order chi connectivity index (χ1) is 14.9. The summed E-state index contributed by atoms with van der Waals surface area (Å²) in [5, 5.41) is 2.48. The number of fused-ring (bicyclic) bond motifs is 2. The number of nitrogens with zero attached hydrogens (tertiary/aromatic N) is 4. The zero-order valence-electron chi connectivity index (χ0n) is 17.0. The fourth-order valence-electron chi connectivity index (χ4n) is 3.88. The first-order valence-corrected chi connectivity index (χ1v) is 10.8. The van der Waals surface area contributed by atoms with E-state index in [1.807, 2.05) is 17.0 Å². The highest BCUT2D eigenvalue weighted by Crippen LogP contribution is 2.42. The molecule has 2 aromatic rings. The van der Waals surface area contributed by atoms with Crippen molar-refractivity contribution in [1.29, 1.82) is 0 Å². The molecule has 1 unspecified atom stereocenters. The van der Waals surface area contributed by atoms with Crippen molar-refractivity contribution in [3.8, 4) is 0 Å². The fourth-order valence-corrected chi connectivity index (χ4v) is 4.72. The van der Waals surface area contributed by atoms with Crippen LogP contribution in [0.15, 0.2) is 29.3 Å². The zero-order valence-corrected chi connectivity index (χ0v) is 17.8. The largest absolute Gasteiger partial charge is 0.443 e. The van der Waals surface area contributed by atoms with Gasteiger partial charge in [-0.2, -0.15) is 13.2 Å². The molecule has 0 saturated carbocycles. The van der Waals surface area contributed by atoms with E-state index < -0.39 is 17.9 Å². The maximum absolute atomic E-state index is 13.4. The van der Waals surface area contributed by atoms with Gasteiger partial charge in [-0.25, -0.2) is 14.4 Å². The molecule has 168 valence electrons. The Hall–Kier alpha value is -2.24. The molecule has 1 atom stereocenters. The third-order valence-electron chi connectivity index (χ3n) is 5.39. The highest BCUT2D eigenvalue weighted by atomic mass is 32.1. The number of aromatic nitrogens is 1. The Morgan fingerprint density at radius 2 is 2.06 bits per heavy atom. The van der Waals surface area contributed by atoms with Crippen LogP contribution in [0.4, 0.5) is 33.9 Å². The Kier molecular flexibility index (Phi) is 6.44. The molecule has 4 rings (SSSR count). The van der Waals surface area contributed by atoms with E-state index in [0.717, 1.165) is 0 Å². The Labute approximate surface area is 181 Å². The molecular weight excluding hydrogens is 434 g/mol. The predicted molar refractivity (Wildman–Crippen MR) is 112 cm³/mol. The van der Waals surface area contributed by atoms with Gasteiger partial charge < -0.3 is 15.0 Å². The van der Waals surface area contributed by atoms with Crippen LogP contribution in [0.3, 0.4) is 0 Å². The first kappa shape index (κ1) is 22.0. The van der Waals surface area contributed by atoms with Gasteiger partial charge in [0.05, 0.1) is 11.4 Å². The van der Waals surface area contributed by atoms with Crippen molar-refractivity contribution in [2.24, 2.45) is 4.99 Å². The molecule has 0 bridgehead atoms. The summed E-state index contributed by atoms with van der Waals surface area (Å²) in [6.45, 7) is 1.98. The lowest BCUT2D eigenvalue weighted by molar-refractivity contribution is -0.137. The van der Waals surface area contributed by atoms with Crippen LogP contribution in [-0.2, 0) is 10.9 Å². The van der Waals surface area contributed by atoms with Gasteiger partial charge >= 0.3 is 6.18 Å². The van der Waals surface area contributed by atoms with Crippen LogP contribution in [0.5, 0.6) is 0 Å². The van der Waals surface area contributed by atoms with Crippen LogP contribution in [0.2, 0.25) is 0 Å². The summed E-state index contributed by atoms with van der Waals surface area (Å²) >= 11 is 0.576. The number of amidine groups is 1. The second-order valence-electron chi connectivity index (χ2n) is 7.38. The lowest BCUT2D eigenvalue weighted by atomic mass is 10.1. The van der Waals surface area contributed by atoms with Crippen LogP contribution in [0.1, 0.15) is 17.1 Å². The van der Waals surface area contributed by atoms with Crippen LogP contribution >= 0.6 is 11.3 Å². The summed E-state index contributed by atoms with van der Waals surface area (Å²) in [7, 11) is 1.61. The lowest BCUT2D eigenvalue weighted by Crippen LogP contribution is -2.55. The minimum Gasteiger partial charge on any atom is -0.385 e. The van der Waals surface area contributed by atoms with Gasteiger partial charge in [-0.15, -0.1) is 0 Å². The highest BCUT2D eigenvalue weighted by Gasteiger charge is 2.39.